The molecule has 0 saturated heterocycles. The van der Waals surface area contributed by atoms with Crippen LogP contribution in [0.3, 0.4) is 0 Å². The van der Waals surface area contributed by atoms with Gasteiger partial charge in [-0.15, -0.1) is 0 Å². The molecule has 2 aromatic rings. The van der Waals surface area contributed by atoms with Crippen molar-refractivity contribution < 1.29 is 22.5 Å². The second-order valence-electron chi connectivity index (χ2n) is 5.40. The Morgan fingerprint density at radius 1 is 1.22 bits per heavy atom. The highest BCUT2D eigenvalue weighted by Crippen LogP contribution is 2.19. The van der Waals surface area contributed by atoms with Gasteiger partial charge in [-0.1, -0.05) is 35.0 Å². The molecule has 1 aromatic heterocycles. The molecule has 0 atom stereocenters. The van der Waals surface area contributed by atoms with Crippen LogP contribution in [0.15, 0.2) is 34.9 Å². The molecule has 0 unspecified atom stereocenters. The summed E-state index contributed by atoms with van der Waals surface area (Å²) in [5.41, 5.74) is 1.82. The van der Waals surface area contributed by atoms with Crippen LogP contribution in [0.4, 0.5) is 13.2 Å². The van der Waals surface area contributed by atoms with Crippen molar-refractivity contribution in [3.8, 4) is 0 Å². The third-order valence-electron chi connectivity index (χ3n) is 3.30. The van der Waals surface area contributed by atoms with Crippen molar-refractivity contribution in [3.63, 3.8) is 0 Å². The summed E-state index contributed by atoms with van der Waals surface area (Å²) in [6.45, 7) is 2.14. The Labute approximate surface area is 131 Å². The molecule has 23 heavy (non-hydrogen) atoms. The van der Waals surface area contributed by atoms with Crippen LogP contribution in [0.5, 0.6) is 0 Å². The van der Waals surface area contributed by atoms with Crippen molar-refractivity contribution in [2.24, 2.45) is 0 Å². The zero-order valence-electron chi connectivity index (χ0n) is 12.9. The molecule has 0 aliphatic carbocycles. The lowest BCUT2D eigenvalue weighted by atomic mass is 10.1. The molecule has 1 amide bonds. The minimum Gasteiger partial charge on any atom is -0.361 e. The predicted molar refractivity (Wildman–Crippen MR) is 78.1 cm³/mol. The minimum absolute atomic E-state index is 0.0483. The molecule has 0 saturated carbocycles. The maximum absolute atomic E-state index is 12.7. The molecule has 4 nitrogen and oxygen atoms in total. The van der Waals surface area contributed by atoms with Crippen LogP contribution in [0.25, 0.3) is 0 Å². The van der Waals surface area contributed by atoms with Crippen LogP contribution >= 0.6 is 0 Å². The Hall–Kier alpha value is -2.31. The minimum atomic E-state index is -4.47. The number of aromatic nitrogens is 1. The van der Waals surface area contributed by atoms with E-state index in [-0.39, 0.29) is 12.2 Å². The Balaban J connectivity index is 2.10. The Bertz CT molecular complexity index is 663. The highest BCUT2D eigenvalue weighted by atomic mass is 19.4. The van der Waals surface area contributed by atoms with Gasteiger partial charge >= 0.3 is 6.18 Å². The van der Waals surface area contributed by atoms with Crippen LogP contribution < -0.4 is 0 Å². The zero-order valence-corrected chi connectivity index (χ0v) is 12.9. The van der Waals surface area contributed by atoms with Crippen molar-refractivity contribution in [3.05, 3.63) is 52.9 Å². The first-order valence-electron chi connectivity index (χ1n) is 7.09. The van der Waals surface area contributed by atoms with Crippen molar-refractivity contribution in [2.45, 2.75) is 26.4 Å². The first kappa shape index (κ1) is 17.1. The summed E-state index contributed by atoms with van der Waals surface area (Å²) >= 11 is 0. The lowest BCUT2D eigenvalue weighted by Crippen LogP contribution is -2.40. The third kappa shape index (κ3) is 5.12. The van der Waals surface area contributed by atoms with E-state index in [1.165, 1.54) is 6.07 Å². The number of hydrogen-bond acceptors (Lipinski definition) is 3. The van der Waals surface area contributed by atoms with Gasteiger partial charge in [0.1, 0.15) is 12.3 Å². The lowest BCUT2D eigenvalue weighted by molar-refractivity contribution is -0.140. The van der Waals surface area contributed by atoms with Crippen LogP contribution in [0, 0.1) is 13.8 Å². The van der Waals surface area contributed by atoms with E-state index in [9.17, 15) is 18.0 Å². The van der Waals surface area contributed by atoms with Crippen LogP contribution in [0.1, 0.15) is 27.4 Å². The molecule has 124 valence electrons. The van der Waals surface area contributed by atoms with Crippen molar-refractivity contribution in [2.75, 3.05) is 13.1 Å². The monoisotopic (exact) mass is 326 g/mol. The summed E-state index contributed by atoms with van der Waals surface area (Å²) in [4.78, 5) is 13.0. The second kappa shape index (κ2) is 6.85. The van der Waals surface area contributed by atoms with E-state index in [0.29, 0.717) is 12.2 Å². The molecule has 0 spiro atoms. The molecule has 1 heterocycles. The lowest BCUT2D eigenvalue weighted by Gasteiger charge is -2.23. The fraction of sp³-hybridized carbons (Fsp3) is 0.375. The zero-order chi connectivity index (χ0) is 17.0. The van der Waals surface area contributed by atoms with Gasteiger partial charge in [0.15, 0.2) is 5.69 Å². The van der Waals surface area contributed by atoms with Gasteiger partial charge in [-0.2, -0.15) is 13.2 Å². The number of hydrogen-bond donors (Lipinski definition) is 0. The SMILES string of the molecule is Cc1ccc(CCN(CC(F)(F)F)C(=O)c2cc(C)on2)cc1. The van der Waals surface area contributed by atoms with Gasteiger partial charge in [0.25, 0.3) is 5.91 Å². The maximum Gasteiger partial charge on any atom is 0.406 e. The first-order chi connectivity index (χ1) is 10.7. The van der Waals surface area contributed by atoms with E-state index < -0.39 is 18.6 Å². The number of alkyl halides is 3. The van der Waals surface area contributed by atoms with Crippen molar-refractivity contribution in [1.29, 1.82) is 0 Å². The van der Waals surface area contributed by atoms with E-state index in [1.807, 2.05) is 31.2 Å². The standard InChI is InChI=1S/C16H17F3N2O2/c1-11-3-5-13(6-4-11)7-8-21(10-16(17,18)19)15(22)14-9-12(2)23-20-14/h3-6,9H,7-8,10H2,1-2H3. The second-order valence-corrected chi connectivity index (χ2v) is 5.40. The third-order valence-corrected chi connectivity index (χ3v) is 3.30. The normalized spacial score (nSPS) is 11.5. The number of halogens is 3. The Kier molecular flexibility index (Phi) is 5.08. The molecule has 0 fully saturated rings. The predicted octanol–water partition coefficient (Wildman–Crippen LogP) is 3.54. The highest BCUT2D eigenvalue weighted by Gasteiger charge is 2.34. The van der Waals surface area contributed by atoms with E-state index in [2.05, 4.69) is 5.16 Å². The van der Waals surface area contributed by atoms with Crippen molar-refractivity contribution >= 4 is 5.91 Å². The summed E-state index contributed by atoms with van der Waals surface area (Å²) in [6.07, 6.45) is -4.14. The summed E-state index contributed by atoms with van der Waals surface area (Å²) in [5.74, 6) is -0.412. The van der Waals surface area contributed by atoms with Gasteiger partial charge in [-0.25, -0.2) is 0 Å². The quantitative estimate of drug-likeness (QED) is 0.844. The molecule has 1 aromatic carbocycles. The number of nitrogens with zero attached hydrogens (tertiary/aromatic N) is 2. The van der Waals surface area contributed by atoms with Gasteiger partial charge in [-0.3, -0.25) is 4.79 Å². The van der Waals surface area contributed by atoms with Crippen LogP contribution in [-0.2, 0) is 6.42 Å². The first-order valence-corrected chi connectivity index (χ1v) is 7.09. The largest absolute Gasteiger partial charge is 0.406 e. The number of amides is 1. The van der Waals surface area contributed by atoms with E-state index >= 15 is 0 Å². The van der Waals surface area contributed by atoms with Crippen LogP contribution in [-0.4, -0.2) is 35.2 Å². The van der Waals surface area contributed by atoms with E-state index in [1.54, 1.807) is 6.92 Å². The molecule has 0 radical (unpaired) electrons. The van der Waals surface area contributed by atoms with E-state index in [0.717, 1.165) is 16.0 Å². The van der Waals surface area contributed by atoms with Gasteiger partial charge < -0.3 is 9.42 Å². The molecule has 0 aliphatic rings. The molecule has 7 heteroatoms. The summed E-state index contributed by atoms with van der Waals surface area (Å²) in [7, 11) is 0. The maximum atomic E-state index is 12.7. The molecule has 0 N–H and O–H groups in total. The molecular weight excluding hydrogens is 309 g/mol. The average molecular weight is 326 g/mol. The molecule has 0 aliphatic heterocycles. The Morgan fingerprint density at radius 2 is 1.87 bits per heavy atom. The number of rotatable bonds is 5. The fourth-order valence-corrected chi connectivity index (χ4v) is 2.12. The summed E-state index contributed by atoms with van der Waals surface area (Å²) in [5, 5.41) is 3.50. The fourth-order valence-electron chi connectivity index (χ4n) is 2.12. The average Bonchev–Trinajstić information content (AvgIpc) is 2.90. The van der Waals surface area contributed by atoms with Crippen molar-refractivity contribution in [1.82, 2.24) is 10.1 Å². The number of aryl methyl sites for hydroxylation is 2. The van der Waals surface area contributed by atoms with Crippen LogP contribution in [0.2, 0.25) is 0 Å². The molecule has 2 rings (SSSR count). The topological polar surface area (TPSA) is 46.3 Å². The van der Waals surface area contributed by atoms with E-state index in [4.69, 9.17) is 4.52 Å². The van der Waals surface area contributed by atoms with Gasteiger partial charge in [0.2, 0.25) is 0 Å². The highest BCUT2D eigenvalue weighted by molar-refractivity contribution is 5.92. The number of carbonyl (C=O) groups is 1. The smallest absolute Gasteiger partial charge is 0.361 e. The Morgan fingerprint density at radius 3 is 2.39 bits per heavy atom. The number of carbonyl (C=O) groups excluding carboxylic acids is 1. The van der Waals surface area contributed by atoms with Gasteiger partial charge in [0, 0.05) is 12.6 Å². The summed E-state index contributed by atoms with van der Waals surface area (Å²) in [6, 6.07) is 8.77. The molecular formula is C16H17F3N2O2. The van der Waals surface area contributed by atoms with Gasteiger partial charge in [-0.05, 0) is 25.8 Å². The molecule has 0 bridgehead atoms. The number of benzene rings is 1. The van der Waals surface area contributed by atoms with Gasteiger partial charge in [0.05, 0.1) is 0 Å². The summed E-state index contributed by atoms with van der Waals surface area (Å²) < 4.78 is 42.9.